The van der Waals surface area contributed by atoms with Crippen molar-refractivity contribution in [3.63, 3.8) is 0 Å². The average molecular weight is 411 g/mol. The molecule has 2 aromatic carbocycles. The van der Waals surface area contributed by atoms with Crippen LogP contribution in [0, 0.1) is 11.8 Å². The summed E-state index contributed by atoms with van der Waals surface area (Å²) in [5, 5.41) is 0. The lowest BCUT2D eigenvalue weighted by atomic mass is 9.82. The van der Waals surface area contributed by atoms with Gasteiger partial charge in [-0.2, -0.15) is 0 Å². The molecular weight excluding hydrogens is 380 g/mol. The first-order valence-corrected chi connectivity index (χ1v) is 10.6. The van der Waals surface area contributed by atoms with Crippen molar-refractivity contribution >= 4 is 11.9 Å². The van der Waals surface area contributed by atoms with E-state index < -0.39 is 24.1 Å². The number of ether oxygens (including phenoxy) is 3. The summed E-state index contributed by atoms with van der Waals surface area (Å²) in [5.41, 5.74) is 0.978. The van der Waals surface area contributed by atoms with Gasteiger partial charge in [-0.3, -0.25) is 0 Å². The normalized spacial score (nSPS) is 26.2. The highest BCUT2D eigenvalue weighted by Gasteiger charge is 2.48. The molecular formula is C25H30O5. The van der Waals surface area contributed by atoms with Crippen LogP contribution in [-0.4, -0.2) is 36.4 Å². The number of hydrogen-bond acceptors (Lipinski definition) is 5. The van der Waals surface area contributed by atoms with E-state index in [1.807, 2.05) is 39.8 Å². The van der Waals surface area contributed by atoms with E-state index in [0.29, 0.717) is 17.5 Å². The molecule has 1 heterocycles. The highest BCUT2D eigenvalue weighted by Crippen LogP contribution is 2.35. The van der Waals surface area contributed by atoms with Crippen LogP contribution in [0.15, 0.2) is 60.7 Å². The van der Waals surface area contributed by atoms with Gasteiger partial charge in [0.2, 0.25) is 0 Å². The minimum atomic E-state index is -0.519. The second kappa shape index (κ2) is 9.90. The fraction of sp³-hybridized carbons (Fsp3) is 0.440. The number of esters is 2. The molecule has 1 aliphatic rings. The zero-order chi connectivity index (χ0) is 21.7. The van der Waals surface area contributed by atoms with E-state index >= 15 is 0 Å². The molecule has 0 bridgehead atoms. The fourth-order valence-electron chi connectivity index (χ4n) is 3.94. The Morgan fingerprint density at radius 2 is 1.33 bits per heavy atom. The van der Waals surface area contributed by atoms with Gasteiger partial charge in [-0.1, -0.05) is 64.1 Å². The van der Waals surface area contributed by atoms with Crippen molar-refractivity contribution in [3.8, 4) is 0 Å². The SMILES string of the molecule is CC[C@H]1O[C@@H](C(C)C)[C@H](OC(=O)c2ccccc2)[C@@H](C)[C@@H]1OC(=O)c1ccccc1. The van der Waals surface area contributed by atoms with Crippen LogP contribution in [0.5, 0.6) is 0 Å². The Balaban J connectivity index is 1.82. The van der Waals surface area contributed by atoms with Crippen molar-refractivity contribution in [1.29, 1.82) is 0 Å². The molecule has 0 spiro atoms. The van der Waals surface area contributed by atoms with Crippen molar-refractivity contribution in [2.75, 3.05) is 0 Å². The lowest BCUT2D eigenvalue weighted by Crippen LogP contribution is -2.57. The van der Waals surface area contributed by atoms with Gasteiger partial charge in [-0.15, -0.1) is 0 Å². The van der Waals surface area contributed by atoms with E-state index in [1.54, 1.807) is 48.5 Å². The van der Waals surface area contributed by atoms with Crippen LogP contribution in [0.2, 0.25) is 0 Å². The van der Waals surface area contributed by atoms with Crippen LogP contribution in [0.4, 0.5) is 0 Å². The molecule has 0 N–H and O–H groups in total. The maximum absolute atomic E-state index is 12.7. The van der Waals surface area contributed by atoms with Gasteiger partial charge in [0.1, 0.15) is 12.2 Å². The quantitative estimate of drug-likeness (QED) is 0.634. The van der Waals surface area contributed by atoms with Crippen molar-refractivity contribution in [2.45, 2.75) is 58.5 Å². The third kappa shape index (κ3) is 4.90. The Kier molecular flexibility index (Phi) is 7.27. The molecule has 30 heavy (non-hydrogen) atoms. The monoisotopic (exact) mass is 410 g/mol. The van der Waals surface area contributed by atoms with E-state index in [0.717, 1.165) is 0 Å². The lowest BCUT2D eigenvalue weighted by Gasteiger charge is -2.46. The summed E-state index contributed by atoms with van der Waals surface area (Å²) >= 11 is 0. The molecule has 0 unspecified atom stereocenters. The first-order valence-electron chi connectivity index (χ1n) is 10.6. The van der Waals surface area contributed by atoms with Gasteiger partial charge in [0.25, 0.3) is 0 Å². The predicted molar refractivity (Wildman–Crippen MR) is 114 cm³/mol. The summed E-state index contributed by atoms with van der Waals surface area (Å²) in [6, 6.07) is 17.8. The summed E-state index contributed by atoms with van der Waals surface area (Å²) in [7, 11) is 0. The summed E-state index contributed by atoms with van der Waals surface area (Å²) in [6.45, 7) is 8.06. The Bertz CT molecular complexity index is 833. The topological polar surface area (TPSA) is 61.8 Å². The van der Waals surface area contributed by atoms with Gasteiger partial charge in [0, 0.05) is 5.92 Å². The average Bonchev–Trinajstić information content (AvgIpc) is 2.77. The highest BCUT2D eigenvalue weighted by molar-refractivity contribution is 5.90. The summed E-state index contributed by atoms with van der Waals surface area (Å²) in [5.74, 6) is -0.868. The van der Waals surface area contributed by atoms with Crippen LogP contribution in [0.25, 0.3) is 0 Å². The molecule has 160 valence electrons. The van der Waals surface area contributed by atoms with Gasteiger partial charge >= 0.3 is 11.9 Å². The van der Waals surface area contributed by atoms with Crippen LogP contribution >= 0.6 is 0 Å². The van der Waals surface area contributed by atoms with Gasteiger partial charge in [-0.05, 0) is 36.6 Å². The number of carbonyl (C=O) groups excluding carboxylic acids is 2. The first-order chi connectivity index (χ1) is 14.4. The van der Waals surface area contributed by atoms with Crippen molar-refractivity contribution in [3.05, 3.63) is 71.8 Å². The van der Waals surface area contributed by atoms with E-state index in [-0.39, 0.29) is 24.0 Å². The molecule has 0 amide bonds. The molecule has 3 rings (SSSR count). The number of rotatable bonds is 6. The summed E-state index contributed by atoms with van der Waals surface area (Å²) in [6.07, 6.45) is -0.865. The van der Waals surface area contributed by atoms with Crippen molar-refractivity contribution < 1.29 is 23.8 Å². The minimum Gasteiger partial charge on any atom is -0.456 e. The molecule has 1 aliphatic heterocycles. The Morgan fingerprint density at radius 3 is 1.77 bits per heavy atom. The molecule has 0 radical (unpaired) electrons. The van der Waals surface area contributed by atoms with Crippen LogP contribution < -0.4 is 0 Å². The molecule has 5 nitrogen and oxygen atoms in total. The van der Waals surface area contributed by atoms with Gasteiger partial charge in [0.05, 0.1) is 23.3 Å². The number of benzene rings is 2. The Hall–Kier alpha value is -2.66. The maximum Gasteiger partial charge on any atom is 0.338 e. The molecule has 1 saturated heterocycles. The van der Waals surface area contributed by atoms with Crippen molar-refractivity contribution in [1.82, 2.24) is 0 Å². The molecule has 1 fully saturated rings. The summed E-state index contributed by atoms with van der Waals surface area (Å²) in [4.78, 5) is 25.4. The number of carbonyl (C=O) groups is 2. The molecule has 2 aromatic rings. The van der Waals surface area contributed by atoms with Gasteiger partial charge in [0.15, 0.2) is 0 Å². The van der Waals surface area contributed by atoms with E-state index in [9.17, 15) is 9.59 Å². The first kappa shape index (κ1) is 22.0. The fourth-order valence-corrected chi connectivity index (χ4v) is 3.94. The third-order valence-electron chi connectivity index (χ3n) is 5.62. The smallest absolute Gasteiger partial charge is 0.338 e. The standard InChI is InChI=1S/C25H30O5/c1-5-20-22(29-24(26)18-12-8-6-9-13-18)17(4)23(21(28-20)16(2)3)30-25(27)19-14-10-7-11-15-19/h6-17,20-23H,5H2,1-4H3/t17-,20+,21-,22-,23+/m0/s1. The Labute approximate surface area is 178 Å². The van der Waals surface area contributed by atoms with Crippen LogP contribution in [0.1, 0.15) is 54.8 Å². The van der Waals surface area contributed by atoms with E-state index in [2.05, 4.69) is 0 Å². The lowest BCUT2D eigenvalue weighted by molar-refractivity contribution is -0.208. The third-order valence-corrected chi connectivity index (χ3v) is 5.62. The highest BCUT2D eigenvalue weighted by atomic mass is 16.6. The molecule has 0 aromatic heterocycles. The second-order valence-corrected chi connectivity index (χ2v) is 8.12. The molecule has 0 aliphatic carbocycles. The molecule has 0 saturated carbocycles. The largest absolute Gasteiger partial charge is 0.456 e. The Morgan fingerprint density at radius 1 is 0.867 bits per heavy atom. The molecule has 5 atom stereocenters. The van der Waals surface area contributed by atoms with Gasteiger partial charge < -0.3 is 14.2 Å². The van der Waals surface area contributed by atoms with E-state index in [4.69, 9.17) is 14.2 Å². The van der Waals surface area contributed by atoms with Crippen LogP contribution in [-0.2, 0) is 14.2 Å². The molecule has 5 heteroatoms. The maximum atomic E-state index is 12.7. The van der Waals surface area contributed by atoms with Crippen molar-refractivity contribution in [2.24, 2.45) is 11.8 Å². The minimum absolute atomic E-state index is 0.140. The van der Waals surface area contributed by atoms with E-state index in [1.165, 1.54) is 0 Å². The van der Waals surface area contributed by atoms with Crippen LogP contribution in [0.3, 0.4) is 0 Å². The zero-order valence-electron chi connectivity index (χ0n) is 18.0. The predicted octanol–water partition coefficient (Wildman–Crippen LogP) is 4.91. The second-order valence-electron chi connectivity index (χ2n) is 8.12. The zero-order valence-corrected chi connectivity index (χ0v) is 18.0. The summed E-state index contributed by atoms with van der Waals surface area (Å²) < 4.78 is 18.1. The van der Waals surface area contributed by atoms with Gasteiger partial charge in [-0.25, -0.2) is 9.59 Å². The number of hydrogen-bond donors (Lipinski definition) is 0.